The Labute approximate surface area is 151 Å². The third kappa shape index (κ3) is 3.89. The van der Waals surface area contributed by atoms with E-state index in [1.54, 1.807) is 34.9 Å². The lowest BCUT2D eigenvalue weighted by Crippen LogP contribution is -2.38. The Kier molecular flexibility index (Phi) is 5.46. The van der Waals surface area contributed by atoms with Gasteiger partial charge in [-0.05, 0) is 31.2 Å². The molecule has 1 heterocycles. The van der Waals surface area contributed by atoms with Crippen LogP contribution in [0.25, 0.3) is 0 Å². The fourth-order valence-corrected chi connectivity index (χ4v) is 3.61. The van der Waals surface area contributed by atoms with Gasteiger partial charge < -0.3 is 14.4 Å². The van der Waals surface area contributed by atoms with Gasteiger partial charge in [0.05, 0.1) is 23.9 Å². The monoisotopic (exact) mass is 354 g/mol. The summed E-state index contributed by atoms with van der Waals surface area (Å²) in [5.41, 5.74) is 1.42. The molecule has 0 N–H and O–H groups in total. The molecule has 2 aromatic carbocycles. The van der Waals surface area contributed by atoms with Gasteiger partial charge >= 0.3 is 0 Å². The van der Waals surface area contributed by atoms with Crippen LogP contribution in [0.3, 0.4) is 0 Å². The summed E-state index contributed by atoms with van der Waals surface area (Å²) in [5.74, 6) is 1.71. The molecule has 3 rings (SSSR count). The molecule has 0 bridgehead atoms. The van der Waals surface area contributed by atoms with E-state index in [-0.39, 0.29) is 12.5 Å². The predicted octanol–water partition coefficient (Wildman–Crippen LogP) is 3.47. The quantitative estimate of drug-likeness (QED) is 0.823. The van der Waals surface area contributed by atoms with Gasteiger partial charge in [-0.2, -0.15) is 5.26 Å². The van der Waals surface area contributed by atoms with Gasteiger partial charge in [0.25, 0.3) is 5.91 Å². The number of thioether (sulfide) groups is 1. The molecule has 0 saturated heterocycles. The average Bonchev–Trinajstić information content (AvgIpc) is 2.66. The van der Waals surface area contributed by atoms with Crippen LogP contribution in [0.15, 0.2) is 47.4 Å². The van der Waals surface area contributed by atoms with Crippen molar-refractivity contribution in [2.24, 2.45) is 0 Å². The zero-order valence-electron chi connectivity index (χ0n) is 13.9. The molecule has 25 heavy (non-hydrogen) atoms. The standard InChI is InChI=1S/C19H18N2O3S/c1-2-23-17-11-14(12-20)7-8-16(17)24-13-19(22)21-9-10-25-18-6-4-3-5-15(18)21/h3-8,11H,2,9-10,13H2,1H3. The minimum atomic E-state index is -0.0976. The first kappa shape index (κ1) is 17.2. The molecule has 0 fully saturated rings. The third-order valence-corrected chi connectivity index (χ3v) is 4.80. The van der Waals surface area contributed by atoms with Crippen LogP contribution in [0.1, 0.15) is 12.5 Å². The average molecular weight is 354 g/mol. The lowest BCUT2D eigenvalue weighted by Gasteiger charge is -2.29. The number of amides is 1. The second-order valence-electron chi connectivity index (χ2n) is 5.36. The zero-order valence-corrected chi connectivity index (χ0v) is 14.7. The Hall–Kier alpha value is -2.65. The highest BCUT2D eigenvalue weighted by Crippen LogP contribution is 2.34. The number of fused-ring (bicyclic) bond motifs is 1. The van der Waals surface area contributed by atoms with Gasteiger partial charge in [0.1, 0.15) is 0 Å². The van der Waals surface area contributed by atoms with Gasteiger partial charge in [0.15, 0.2) is 18.1 Å². The molecule has 1 aliphatic heterocycles. The van der Waals surface area contributed by atoms with Crippen LogP contribution >= 0.6 is 11.8 Å². The molecule has 0 aromatic heterocycles. The summed E-state index contributed by atoms with van der Waals surface area (Å²) in [6.45, 7) is 2.90. The number of hydrogen-bond acceptors (Lipinski definition) is 5. The van der Waals surface area contributed by atoms with E-state index in [1.165, 1.54) is 0 Å². The maximum absolute atomic E-state index is 12.6. The normalized spacial score (nSPS) is 12.9. The molecule has 5 nitrogen and oxygen atoms in total. The zero-order chi connectivity index (χ0) is 17.6. The van der Waals surface area contributed by atoms with Gasteiger partial charge in [-0.1, -0.05) is 12.1 Å². The van der Waals surface area contributed by atoms with Crippen molar-refractivity contribution in [2.75, 3.05) is 30.4 Å². The minimum absolute atomic E-state index is 0.0784. The van der Waals surface area contributed by atoms with Crippen molar-refractivity contribution in [3.8, 4) is 17.6 Å². The second kappa shape index (κ2) is 7.95. The van der Waals surface area contributed by atoms with Crippen molar-refractivity contribution in [3.05, 3.63) is 48.0 Å². The Morgan fingerprint density at radius 1 is 1.24 bits per heavy atom. The van der Waals surface area contributed by atoms with Crippen molar-refractivity contribution in [1.82, 2.24) is 0 Å². The predicted molar refractivity (Wildman–Crippen MR) is 97.3 cm³/mol. The van der Waals surface area contributed by atoms with Crippen molar-refractivity contribution in [1.29, 1.82) is 5.26 Å². The van der Waals surface area contributed by atoms with Gasteiger partial charge in [0, 0.05) is 23.3 Å². The number of rotatable bonds is 5. The maximum atomic E-state index is 12.6. The molecule has 1 aliphatic rings. The van der Waals surface area contributed by atoms with Crippen LogP contribution in [-0.4, -0.2) is 31.4 Å². The first-order chi connectivity index (χ1) is 12.2. The minimum Gasteiger partial charge on any atom is -0.490 e. The fraction of sp³-hybridized carbons (Fsp3) is 0.263. The van der Waals surface area contributed by atoms with Crippen molar-refractivity contribution in [2.45, 2.75) is 11.8 Å². The largest absolute Gasteiger partial charge is 0.490 e. The lowest BCUT2D eigenvalue weighted by molar-refractivity contribution is -0.120. The Bertz CT molecular complexity index is 817. The molecule has 128 valence electrons. The second-order valence-corrected chi connectivity index (χ2v) is 6.49. The molecule has 6 heteroatoms. The summed E-state index contributed by atoms with van der Waals surface area (Å²) < 4.78 is 11.2. The summed E-state index contributed by atoms with van der Waals surface area (Å²) in [6.07, 6.45) is 0. The molecule has 1 amide bonds. The summed E-state index contributed by atoms with van der Waals surface area (Å²) in [5, 5.41) is 8.99. The van der Waals surface area contributed by atoms with Gasteiger partial charge in [-0.25, -0.2) is 0 Å². The molecule has 0 saturated carbocycles. The number of anilines is 1. The number of para-hydroxylation sites is 1. The van der Waals surface area contributed by atoms with Crippen molar-refractivity contribution < 1.29 is 14.3 Å². The maximum Gasteiger partial charge on any atom is 0.264 e. The molecule has 0 atom stereocenters. The van der Waals surface area contributed by atoms with Crippen LogP contribution in [0, 0.1) is 11.3 Å². The van der Waals surface area contributed by atoms with E-state index in [2.05, 4.69) is 6.07 Å². The van der Waals surface area contributed by atoms with Crippen LogP contribution < -0.4 is 14.4 Å². The Morgan fingerprint density at radius 2 is 2.08 bits per heavy atom. The summed E-state index contributed by atoms with van der Waals surface area (Å²) in [4.78, 5) is 15.5. The number of hydrogen-bond donors (Lipinski definition) is 0. The van der Waals surface area contributed by atoms with E-state index in [0.29, 0.717) is 30.2 Å². The molecular weight excluding hydrogens is 336 g/mol. The summed E-state index contributed by atoms with van der Waals surface area (Å²) in [7, 11) is 0. The third-order valence-electron chi connectivity index (χ3n) is 3.75. The van der Waals surface area contributed by atoms with E-state index in [1.807, 2.05) is 31.2 Å². The molecule has 2 aromatic rings. The molecule has 0 unspecified atom stereocenters. The van der Waals surface area contributed by atoms with E-state index in [0.717, 1.165) is 16.3 Å². The highest BCUT2D eigenvalue weighted by atomic mass is 32.2. The number of carbonyl (C=O) groups excluding carboxylic acids is 1. The number of carbonyl (C=O) groups is 1. The number of nitrogens with zero attached hydrogens (tertiary/aromatic N) is 2. The SMILES string of the molecule is CCOc1cc(C#N)ccc1OCC(=O)N1CCSc2ccccc21. The van der Waals surface area contributed by atoms with E-state index in [4.69, 9.17) is 14.7 Å². The molecule has 0 radical (unpaired) electrons. The highest BCUT2D eigenvalue weighted by molar-refractivity contribution is 7.99. The lowest BCUT2D eigenvalue weighted by atomic mass is 10.2. The van der Waals surface area contributed by atoms with Crippen LogP contribution in [0.4, 0.5) is 5.69 Å². The van der Waals surface area contributed by atoms with E-state index < -0.39 is 0 Å². The molecule has 0 spiro atoms. The summed E-state index contributed by atoms with van der Waals surface area (Å²) in [6, 6.07) is 14.9. The first-order valence-corrected chi connectivity index (χ1v) is 9.03. The van der Waals surface area contributed by atoms with Gasteiger partial charge in [-0.15, -0.1) is 11.8 Å². The van der Waals surface area contributed by atoms with Gasteiger partial charge in [-0.3, -0.25) is 4.79 Å². The van der Waals surface area contributed by atoms with Crippen LogP contribution in [0.2, 0.25) is 0 Å². The summed E-state index contributed by atoms with van der Waals surface area (Å²) >= 11 is 1.75. The van der Waals surface area contributed by atoms with E-state index >= 15 is 0 Å². The number of benzene rings is 2. The number of nitriles is 1. The van der Waals surface area contributed by atoms with Crippen molar-refractivity contribution in [3.63, 3.8) is 0 Å². The van der Waals surface area contributed by atoms with Crippen LogP contribution in [-0.2, 0) is 4.79 Å². The Morgan fingerprint density at radius 3 is 2.88 bits per heavy atom. The number of ether oxygens (including phenoxy) is 2. The topological polar surface area (TPSA) is 62.6 Å². The van der Waals surface area contributed by atoms with E-state index in [9.17, 15) is 4.79 Å². The highest BCUT2D eigenvalue weighted by Gasteiger charge is 2.23. The first-order valence-electron chi connectivity index (χ1n) is 8.05. The molecular formula is C19H18N2O3S. The fourth-order valence-electron chi connectivity index (χ4n) is 2.61. The van der Waals surface area contributed by atoms with Gasteiger partial charge in [0.2, 0.25) is 0 Å². The smallest absolute Gasteiger partial charge is 0.264 e. The molecule has 0 aliphatic carbocycles. The Balaban J connectivity index is 1.72. The van der Waals surface area contributed by atoms with Crippen molar-refractivity contribution >= 4 is 23.4 Å². The van der Waals surface area contributed by atoms with Crippen LogP contribution in [0.5, 0.6) is 11.5 Å².